The molecule has 202 valence electrons. The van der Waals surface area contributed by atoms with E-state index in [1.54, 1.807) is 27.8 Å². The molecule has 0 aliphatic heterocycles. The highest BCUT2D eigenvalue weighted by Crippen LogP contribution is 2.29. The number of nitrogens with one attached hydrogen (secondary N) is 2. The van der Waals surface area contributed by atoms with Crippen LogP contribution in [0.3, 0.4) is 0 Å². The molecule has 3 unspecified atom stereocenters. The van der Waals surface area contributed by atoms with Crippen molar-refractivity contribution in [2.45, 2.75) is 86.4 Å². The number of rotatable bonds is 8. The first-order valence-electron chi connectivity index (χ1n) is 12.9. The molecular weight excluding hydrogens is 466 g/mol. The number of hydrogen-bond donors (Lipinski definition) is 2. The van der Waals surface area contributed by atoms with Gasteiger partial charge in [0.1, 0.15) is 17.7 Å². The van der Waals surface area contributed by atoms with Gasteiger partial charge < -0.3 is 20.3 Å². The van der Waals surface area contributed by atoms with Gasteiger partial charge in [-0.05, 0) is 82.2 Å². The summed E-state index contributed by atoms with van der Waals surface area (Å²) in [7, 11) is 1.62. The Hall–Kier alpha value is -3.35. The third-order valence-electron chi connectivity index (χ3n) is 6.80. The fourth-order valence-corrected chi connectivity index (χ4v) is 4.26. The van der Waals surface area contributed by atoms with Crippen LogP contribution < -0.4 is 10.6 Å². The van der Waals surface area contributed by atoms with Crippen LogP contribution in [0.4, 0.5) is 10.5 Å². The lowest BCUT2D eigenvalue weighted by molar-refractivity contribution is -0.140. The normalized spacial score (nSPS) is 13.8. The Balaban J connectivity index is 2.51. The second-order valence-electron chi connectivity index (χ2n) is 10.9. The number of alkyl carbamates (subject to hydrolysis) is 1. The summed E-state index contributed by atoms with van der Waals surface area (Å²) in [5.41, 5.74) is 4.59. The topological polar surface area (TPSA) is 87.7 Å². The van der Waals surface area contributed by atoms with E-state index in [9.17, 15) is 14.4 Å². The highest BCUT2D eigenvalue weighted by Gasteiger charge is 2.37. The molecule has 3 amide bonds. The van der Waals surface area contributed by atoms with E-state index in [1.807, 2.05) is 77.9 Å². The molecule has 2 aromatic carbocycles. The zero-order valence-corrected chi connectivity index (χ0v) is 24.0. The smallest absolute Gasteiger partial charge is 0.408 e. The maximum absolute atomic E-state index is 13.9. The predicted octanol–water partition coefficient (Wildman–Crippen LogP) is 6.00. The Labute approximate surface area is 222 Å². The molecule has 0 aliphatic rings. The molecule has 0 saturated heterocycles. The summed E-state index contributed by atoms with van der Waals surface area (Å²) >= 11 is 0. The van der Waals surface area contributed by atoms with Crippen LogP contribution in [0.2, 0.25) is 0 Å². The van der Waals surface area contributed by atoms with Crippen LogP contribution >= 0.6 is 0 Å². The highest BCUT2D eigenvalue weighted by atomic mass is 16.6. The fourth-order valence-electron chi connectivity index (χ4n) is 4.26. The van der Waals surface area contributed by atoms with Crippen molar-refractivity contribution in [3.8, 4) is 0 Å². The number of carbonyl (C=O) groups excluding carboxylic acids is 3. The Kier molecular flexibility index (Phi) is 9.90. The highest BCUT2D eigenvalue weighted by molar-refractivity contribution is 6.00. The molecular formula is C30H43N3O4. The molecule has 2 N–H and O–H groups in total. The van der Waals surface area contributed by atoms with Crippen molar-refractivity contribution < 1.29 is 19.1 Å². The van der Waals surface area contributed by atoms with Crippen LogP contribution in [0.15, 0.2) is 36.4 Å². The first kappa shape index (κ1) is 29.9. The molecule has 0 heterocycles. The second kappa shape index (κ2) is 12.3. The van der Waals surface area contributed by atoms with E-state index in [1.165, 1.54) is 4.90 Å². The summed E-state index contributed by atoms with van der Waals surface area (Å²) in [6.07, 6.45) is -0.00851. The van der Waals surface area contributed by atoms with E-state index in [-0.39, 0.29) is 17.7 Å². The molecule has 2 rings (SSSR count). The van der Waals surface area contributed by atoms with Gasteiger partial charge >= 0.3 is 6.09 Å². The number of likely N-dealkylation sites (N-methyl/N-ethyl adjacent to an activating group) is 1. The predicted molar refractivity (Wildman–Crippen MR) is 149 cm³/mol. The van der Waals surface area contributed by atoms with Crippen LogP contribution in [0.1, 0.15) is 74.9 Å². The number of carbonyl (C=O) groups is 3. The minimum absolute atomic E-state index is 0.177. The van der Waals surface area contributed by atoms with Gasteiger partial charge in [-0.1, -0.05) is 56.7 Å². The molecule has 7 heteroatoms. The summed E-state index contributed by atoms with van der Waals surface area (Å²) in [6, 6.07) is 9.80. The van der Waals surface area contributed by atoms with E-state index in [2.05, 4.69) is 10.6 Å². The monoisotopic (exact) mass is 509 g/mol. The zero-order chi connectivity index (χ0) is 28.1. The molecule has 0 spiro atoms. The van der Waals surface area contributed by atoms with Crippen LogP contribution in [0.25, 0.3) is 0 Å². The number of amides is 3. The van der Waals surface area contributed by atoms with E-state index in [4.69, 9.17) is 4.74 Å². The number of nitrogens with zero attached hydrogens (tertiary/aromatic N) is 1. The summed E-state index contributed by atoms with van der Waals surface area (Å²) in [4.78, 5) is 41.9. The summed E-state index contributed by atoms with van der Waals surface area (Å²) in [5.74, 6) is -0.853. The molecule has 7 nitrogen and oxygen atoms in total. The lowest BCUT2D eigenvalue weighted by Gasteiger charge is -2.34. The van der Waals surface area contributed by atoms with Crippen molar-refractivity contribution in [2.75, 3.05) is 12.4 Å². The molecule has 0 aliphatic carbocycles. The fraction of sp³-hybridized carbons (Fsp3) is 0.500. The quantitative estimate of drug-likeness (QED) is 0.457. The largest absolute Gasteiger partial charge is 0.444 e. The van der Waals surface area contributed by atoms with E-state index in [0.717, 1.165) is 33.5 Å². The van der Waals surface area contributed by atoms with E-state index >= 15 is 0 Å². The number of para-hydroxylation sites is 1. The van der Waals surface area contributed by atoms with Gasteiger partial charge in [0.25, 0.3) is 5.91 Å². The summed E-state index contributed by atoms with van der Waals surface area (Å²) in [6.45, 7) is 17.0. The van der Waals surface area contributed by atoms with Gasteiger partial charge in [-0.25, -0.2) is 4.79 Å². The van der Waals surface area contributed by atoms with Gasteiger partial charge in [-0.2, -0.15) is 0 Å². The standard InChI is InChI=1S/C30H43N3O4/c1-11-18(2)25(32-29(36)37-30(7,8)9)28(35)33(10)26(23-17-13-14-19(3)22(23)6)27(34)31-24-20(4)15-12-16-21(24)5/h12-18,25-26H,11H2,1-10H3,(H,31,34)(H,32,36). The van der Waals surface area contributed by atoms with Crippen molar-refractivity contribution in [3.63, 3.8) is 0 Å². The molecule has 2 aromatic rings. The van der Waals surface area contributed by atoms with Gasteiger partial charge in [-0.3, -0.25) is 9.59 Å². The van der Waals surface area contributed by atoms with Crippen molar-refractivity contribution >= 4 is 23.6 Å². The minimum atomic E-state index is -0.904. The number of aryl methyl sites for hydroxylation is 3. The van der Waals surface area contributed by atoms with Crippen molar-refractivity contribution in [2.24, 2.45) is 5.92 Å². The SMILES string of the molecule is CCC(C)C(NC(=O)OC(C)(C)C)C(=O)N(C)C(C(=O)Nc1c(C)cccc1C)c1cccc(C)c1C. The van der Waals surface area contributed by atoms with Crippen molar-refractivity contribution in [3.05, 3.63) is 64.2 Å². The van der Waals surface area contributed by atoms with Gasteiger partial charge in [0.05, 0.1) is 0 Å². The van der Waals surface area contributed by atoms with Crippen LogP contribution in [0, 0.1) is 33.6 Å². The second-order valence-corrected chi connectivity index (χ2v) is 10.9. The lowest BCUT2D eigenvalue weighted by atomic mass is 9.93. The Morgan fingerprint density at radius 1 is 0.946 bits per heavy atom. The molecule has 0 aromatic heterocycles. The summed E-state index contributed by atoms with van der Waals surface area (Å²) < 4.78 is 5.43. The average molecular weight is 510 g/mol. The first-order valence-corrected chi connectivity index (χ1v) is 12.9. The first-order chi connectivity index (χ1) is 17.2. The Bertz CT molecular complexity index is 1120. The summed E-state index contributed by atoms with van der Waals surface area (Å²) in [5, 5.41) is 5.83. The molecule has 0 bridgehead atoms. The number of benzene rings is 2. The lowest BCUT2D eigenvalue weighted by Crippen LogP contribution is -2.53. The third-order valence-corrected chi connectivity index (χ3v) is 6.80. The maximum atomic E-state index is 13.9. The Morgan fingerprint density at radius 3 is 2.03 bits per heavy atom. The Morgan fingerprint density at radius 2 is 1.49 bits per heavy atom. The average Bonchev–Trinajstić information content (AvgIpc) is 2.80. The van der Waals surface area contributed by atoms with Gasteiger partial charge in [-0.15, -0.1) is 0 Å². The van der Waals surface area contributed by atoms with Crippen LogP contribution in [-0.2, 0) is 14.3 Å². The number of ether oxygens (including phenoxy) is 1. The van der Waals surface area contributed by atoms with Crippen LogP contribution in [-0.4, -0.2) is 41.5 Å². The van der Waals surface area contributed by atoms with Crippen molar-refractivity contribution in [1.82, 2.24) is 10.2 Å². The molecule has 0 radical (unpaired) electrons. The number of anilines is 1. The maximum Gasteiger partial charge on any atom is 0.408 e. The molecule has 0 fully saturated rings. The van der Waals surface area contributed by atoms with E-state index in [0.29, 0.717) is 6.42 Å². The molecule has 0 saturated carbocycles. The van der Waals surface area contributed by atoms with Gasteiger partial charge in [0, 0.05) is 12.7 Å². The van der Waals surface area contributed by atoms with Gasteiger partial charge in [0.2, 0.25) is 5.91 Å². The minimum Gasteiger partial charge on any atom is -0.444 e. The number of hydrogen-bond acceptors (Lipinski definition) is 4. The third kappa shape index (κ3) is 7.57. The van der Waals surface area contributed by atoms with Gasteiger partial charge in [0.15, 0.2) is 0 Å². The molecule has 3 atom stereocenters. The zero-order valence-electron chi connectivity index (χ0n) is 24.0. The molecule has 37 heavy (non-hydrogen) atoms. The van der Waals surface area contributed by atoms with Crippen LogP contribution in [0.5, 0.6) is 0 Å². The van der Waals surface area contributed by atoms with E-state index < -0.39 is 23.8 Å². The van der Waals surface area contributed by atoms with Crippen molar-refractivity contribution in [1.29, 1.82) is 0 Å².